The van der Waals surface area contributed by atoms with Crippen molar-refractivity contribution in [1.82, 2.24) is 20.0 Å². The molecule has 7 heteroatoms. The van der Waals surface area contributed by atoms with Gasteiger partial charge in [-0.25, -0.2) is 9.07 Å². The van der Waals surface area contributed by atoms with Gasteiger partial charge in [0.2, 0.25) is 11.8 Å². The Morgan fingerprint density at radius 2 is 1.87 bits per heavy atom. The van der Waals surface area contributed by atoms with Gasteiger partial charge < -0.3 is 10.2 Å². The van der Waals surface area contributed by atoms with Crippen molar-refractivity contribution in [2.24, 2.45) is 5.92 Å². The summed E-state index contributed by atoms with van der Waals surface area (Å²) >= 11 is 0. The van der Waals surface area contributed by atoms with Crippen molar-refractivity contribution in [2.75, 3.05) is 13.1 Å². The zero-order chi connectivity index (χ0) is 21.8. The number of halogens is 1. The molecular formula is C24H25FN4O2. The minimum atomic E-state index is -0.312. The summed E-state index contributed by atoms with van der Waals surface area (Å²) in [5, 5.41) is 7.71. The van der Waals surface area contributed by atoms with E-state index in [4.69, 9.17) is 5.10 Å². The Bertz CT molecular complexity index is 1060. The minimum absolute atomic E-state index is 0.000216. The lowest BCUT2D eigenvalue weighted by Gasteiger charge is -2.31. The molecule has 1 aliphatic heterocycles. The molecule has 1 saturated heterocycles. The first kappa shape index (κ1) is 20.8. The number of nitrogens with zero attached hydrogens (tertiary/aromatic N) is 3. The fourth-order valence-corrected chi connectivity index (χ4v) is 3.91. The molecule has 0 radical (unpaired) electrons. The Labute approximate surface area is 180 Å². The maximum absolute atomic E-state index is 13.4. The molecule has 160 valence electrons. The number of carbonyl (C=O) groups excluding carboxylic acids is 2. The normalized spacial score (nSPS) is 16.2. The van der Waals surface area contributed by atoms with E-state index < -0.39 is 0 Å². The molecule has 1 aromatic heterocycles. The summed E-state index contributed by atoms with van der Waals surface area (Å²) in [4.78, 5) is 26.2. The Morgan fingerprint density at radius 3 is 2.58 bits per heavy atom. The average molecular weight is 420 g/mol. The molecule has 2 amide bonds. The first-order valence-electron chi connectivity index (χ1n) is 10.4. The van der Waals surface area contributed by atoms with E-state index in [1.807, 2.05) is 36.5 Å². The number of piperidine rings is 1. The second-order valence-corrected chi connectivity index (χ2v) is 7.81. The quantitative estimate of drug-likeness (QED) is 0.686. The van der Waals surface area contributed by atoms with E-state index in [-0.39, 0.29) is 23.5 Å². The molecule has 1 fully saturated rings. The molecule has 31 heavy (non-hydrogen) atoms. The Morgan fingerprint density at radius 1 is 1.13 bits per heavy atom. The third-order valence-electron chi connectivity index (χ3n) is 5.62. The fourth-order valence-electron chi connectivity index (χ4n) is 3.91. The second-order valence-electron chi connectivity index (χ2n) is 7.81. The second kappa shape index (κ2) is 9.12. The largest absolute Gasteiger partial charge is 0.352 e. The lowest BCUT2D eigenvalue weighted by molar-refractivity contribution is -0.134. The van der Waals surface area contributed by atoms with E-state index >= 15 is 0 Å². The van der Waals surface area contributed by atoms with Crippen LogP contribution in [0.4, 0.5) is 4.39 Å². The third-order valence-corrected chi connectivity index (χ3v) is 5.62. The molecule has 6 nitrogen and oxygen atoms in total. The van der Waals surface area contributed by atoms with Crippen molar-refractivity contribution in [2.45, 2.75) is 26.3 Å². The van der Waals surface area contributed by atoms with Gasteiger partial charge in [-0.15, -0.1) is 0 Å². The molecule has 3 aromatic rings. The first-order chi connectivity index (χ1) is 15.0. The molecule has 0 bridgehead atoms. The number of para-hydroxylation sites is 1. The number of aromatic nitrogens is 2. The topological polar surface area (TPSA) is 67.2 Å². The van der Waals surface area contributed by atoms with E-state index in [9.17, 15) is 14.0 Å². The van der Waals surface area contributed by atoms with Crippen LogP contribution in [0.1, 0.15) is 25.3 Å². The van der Waals surface area contributed by atoms with Crippen LogP contribution >= 0.6 is 0 Å². The van der Waals surface area contributed by atoms with Crippen molar-refractivity contribution in [1.29, 1.82) is 0 Å². The summed E-state index contributed by atoms with van der Waals surface area (Å²) < 4.78 is 15.2. The van der Waals surface area contributed by atoms with Gasteiger partial charge >= 0.3 is 0 Å². The number of nitrogens with one attached hydrogen (secondary N) is 1. The van der Waals surface area contributed by atoms with Crippen LogP contribution in [0.3, 0.4) is 0 Å². The predicted molar refractivity (Wildman–Crippen MR) is 116 cm³/mol. The van der Waals surface area contributed by atoms with E-state index in [0.29, 0.717) is 25.3 Å². The molecule has 0 saturated carbocycles. The maximum Gasteiger partial charge on any atom is 0.225 e. The molecule has 2 aromatic carbocycles. The summed E-state index contributed by atoms with van der Waals surface area (Å²) in [6, 6.07) is 15.9. The maximum atomic E-state index is 13.4. The Balaban J connectivity index is 1.55. The third kappa shape index (κ3) is 4.82. The van der Waals surface area contributed by atoms with Gasteiger partial charge in [0.25, 0.3) is 0 Å². The van der Waals surface area contributed by atoms with Crippen LogP contribution in [0.15, 0.2) is 60.8 Å². The van der Waals surface area contributed by atoms with Gasteiger partial charge in [0.1, 0.15) is 5.82 Å². The molecule has 1 aliphatic rings. The first-order valence-corrected chi connectivity index (χ1v) is 10.4. The Hall–Kier alpha value is -3.48. The number of rotatable bonds is 5. The van der Waals surface area contributed by atoms with Crippen LogP contribution in [0, 0.1) is 11.7 Å². The number of hydrogen-bond acceptors (Lipinski definition) is 3. The number of likely N-dealkylation sites (tertiary alicyclic amines) is 1. The zero-order valence-electron chi connectivity index (χ0n) is 17.4. The van der Waals surface area contributed by atoms with Crippen LogP contribution in [-0.2, 0) is 16.1 Å². The van der Waals surface area contributed by atoms with Crippen LogP contribution in [-0.4, -0.2) is 39.6 Å². The molecule has 1 N–H and O–H groups in total. The van der Waals surface area contributed by atoms with Gasteiger partial charge in [-0.05, 0) is 49.2 Å². The summed E-state index contributed by atoms with van der Waals surface area (Å²) in [5.41, 5.74) is 3.20. The van der Waals surface area contributed by atoms with Gasteiger partial charge in [-0.1, -0.05) is 18.2 Å². The number of amides is 2. The van der Waals surface area contributed by atoms with Crippen LogP contribution < -0.4 is 5.32 Å². The minimum Gasteiger partial charge on any atom is -0.352 e. The molecular weight excluding hydrogens is 395 g/mol. The van der Waals surface area contributed by atoms with Crippen molar-refractivity contribution >= 4 is 11.8 Å². The summed E-state index contributed by atoms with van der Waals surface area (Å²) in [7, 11) is 0. The highest BCUT2D eigenvalue weighted by Gasteiger charge is 2.27. The summed E-state index contributed by atoms with van der Waals surface area (Å²) in [6.07, 6.45) is 3.48. The smallest absolute Gasteiger partial charge is 0.225 e. The van der Waals surface area contributed by atoms with Crippen molar-refractivity contribution in [3.05, 3.63) is 72.2 Å². The predicted octanol–water partition coefficient (Wildman–Crippen LogP) is 3.55. The average Bonchev–Trinajstić information content (AvgIpc) is 3.23. The van der Waals surface area contributed by atoms with Crippen molar-refractivity contribution in [3.8, 4) is 16.9 Å². The molecule has 0 aliphatic carbocycles. The highest BCUT2D eigenvalue weighted by atomic mass is 19.1. The summed E-state index contributed by atoms with van der Waals surface area (Å²) in [6.45, 7) is 3.00. The highest BCUT2D eigenvalue weighted by molar-refractivity contribution is 5.81. The molecule has 1 atom stereocenters. The molecule has 0 unspecified atom stereocenters. The SMILES string of the molecule is CC(=O)N1CCC[C@@H](C(=O)NCc2cn(-c3ccccc3)nc2-c2ccc(F)cc2)C1. The fraction of sp³-hybridized carbons (Fsp3) is 0.292. The number of hydrogen-bond donors (Lipinski definition) is 1. The Kier molecular flexibility index (Phi) is 6.11. The van der Waals surface area contributed by atoms with Crippen LogP contribution in [0.25, 0.3) is 16.9 Å². The van der Waals surface area contributed by atoms with Crippen molar-refractivity contribution in [3.63, 3.8) is 0 Å². The number of benzene rings is 2. The van der Waals surface area contributed by atoms with Crippen LogP contribution in [0.5, 0.6) is 0 Å². The zero-order valence-corrected chi connectivity index (χ0v) is 17.4. The molecule has 0 spiro atoms. The standard InChI is InChI=1S/C24H25FN4O2/c1-17(30)28-13-5-6-19(15-28)24(31)26-14-20-16-29(22-7-3-2-4-8-22)27-23(20)18-9-11-21(25)12-10-18/h2-4,7-12,16,19H,5-6,13-15H2,1H3,(H,26,31)/t19-/m1/s1. The highest BCUT2D eigenvalue weighted by Crippen LogP contribution is 2.24. The lowest BCUT2D eigenvalue weighted by atomic mass is 9.97. The molecule has 4 rings (SSSR count). The monoisotopic (exact) mass is 420 g/mol. The van der Waals surface area contributed by atoms with Crippen LogP contribution in [0.2, 0.25) is 0 Å². The van der Waals surface area contributed by atoms with Gasteiger partial charge in [-0.2, -0.15) is 5.10 Å². The van der Waals surface area contributed by atoms with E-state index in [1.165, 1.54) is 19.1 Å². The van der Waals surface area contributed by atoms with E-state index in [0.717, 1.165) is 29.7 Å². The summed E-state index contributed by atoms with van der Waals surface area (Å²) in [5.74, 6) is -0.590. The van der Waals surface area contributed by atoms with Gasteiger partial charge in [0.05, 0.1) is 17.3 Å². The van der Waals surface area contributed by atoms with E-state index in [1.54, 1.807) is 21.7 Å². The van der Waals surface area contributed by atoms with Gasteiger partial charge in [-0.3, -0.25) is 9.59 Å². The van der Waals surface area contributed by atoms with E-state index in [2.05, 4.69) is 5.32 Å². The lowest BCUT2D eigenvalue weighted by Crippen LogP contribution is -2.44. The van der Waals surface area contributed by atoms with Gasteiger partial charge in [0, 0.05) is 43.9 Å². The molecule has 2 heterocycles. The van der Waals surface area contributed by atoms with Crippen molar-refractivity contribution < 1.29 is 14.0 Å². The van der Waals surface area contributed by atoms with Gasteiger partial charge in [0.15, 0.2) is 0 Å². The number of carbonyl (C=O) groups is 2.